The third kappa shape index (κ3) is 5.96. The van der Waals surface area contributed by atoms with Gasteiger partial charge in [-0.1, -0.05) is 23.7 Å². The van der Waals surface area contributed by atoms with Crippen molar-refractivity contribution in [2.75, 3.05) is 41.8 Å². The molecular formula is C26H26ClN7O5S. The molecule has 0 atom stereocenters. The average Bonchev–Trinajstić information content (AvgIpc) is 3.39. The molecule has 0 aliphatic carbocycles. The van der Waals surface area contributed by atoms with Crippen molar-refractivity contribution in [1.82, 2.24) is 19.4 Å². The van der Waals surface area contributed by atoms with Crippen LogP contribution < -0.4 is 20.1 Å². The molecule has 0 saturated carbocycles. The standard InChI is InChI=1S/C26H26ClN7O5S/c1-39-23-12-16(34-11-5-8-22(34)25(36)33-14-17(35)15-33)9-10-21(23)30-26-28-13-18(27)24(31-26)29-19-6-3-4-7-20(19)32-40(2,37)38/h3-13,17,32,35H,14-15H2,1-2H3,(H2,28,29,30,31). The number of β-amino-alcohol motifs (C(OH)–C–C–N with tert-alkyl or cyclic N) is 1. The van der Waals surface area contributed by atoms with Crippen LogP contribution in [-0.4, -0.2) is 71.4 Å². The summed E-state index contributed by atoms with van der Waals surface area (Å²) in [5.41, 5.74) is 2.51. The van der Waals surface area contributed by atoms with Crippen molar-refractivity contribution >= 4 is 56.4 Å². The third-order valence-corrected chi connectivity index (χ3v) is 6.91. The number of hydrogen-bond donors (Lipinski definition) is 4. The van der Waals surface area contributed by atoms with Crippen LogP contribution in [0.15, 0.2) is 67.0 Å². The molecule has 2 aromatic carbocycles. The molecule has 0 spiro atoms. The molecule has 1 fully saturated rings. The Hall–Kier alpha value is -4.33. The highest BCUT2D eigenvalue weighted by atomic mass is 35.5. The van der Waals surface area contributed by atoms with Gasteiger partial charge in [0.05, 0.1) is 42.7 Å². The first-order chi connectivity index (χ1) is 19.1. The second kappa shape index (κ2) is 11.0. The van der Waals surface area contributed by atoms with Crippen LogP contribution in [-0.2, 0) is 10.0 Å². The summed E-state index contributed by atoms with van der Waals surface area (Å²) >= 11 is 6.33. The third-order valence-electron chi connectivity index (χ3n) is 6.05. The molecule has 2 aromatic heterocycles. The van der Waals surface area contributed by atoms with Crippen molar-refractivity contribution in [1.29, 1.82) is 0 Å². The fourth-order valence-corrected chi connectivity index (χ4v) is 4.86. The smallest absolute Gasteiger partial charge is 0.271 e. The summed E-state index contributed by atoms with van der Waals surface area (Å²) in [5.74, 6) is 0.767. The Morgan fingerprint density at radius 1 is 1.07 bits per heavy atom. The molecule has 0 bridgehead atoms. The van der Waals surface area contributed by atoms with Gasteiger partial charge in [-0.2, -0.15) is 4.98 Å². The largest absolute Gasteiger partial charge is 0.494 e. The molecule has 1 aliphatic heterocycles. The predicted octanol–water partition coefficient (Wildman–Crippen LogP) is 3.60. The van der Waals surface area contributed by atoms with Crippen LogP contribution in [0.3, 0.4) is 0 Å². The Morgan fingerprint density at radius 3 is 2.52 bits per heavy atom. The maximum atomic E-state index is 12.9. The monoisotopic (exact) mass is 583 g/mol. The Bertz CT molecular complexity index is 1670. The minimum Gasteiger partial charge on any atom is -0.494 e. The number of ether oxygens (including phenoxy) is 1. The number of carbonyl (C=O) groups is 1. The van der Waals surface area contributed by atoms with E-state index in [1.807, 2.05) is 6.07 Å². The fourth-order valence-electron chi connectivity index (χ4n) is 4.14. The maximum absolute atomic E-state index is 12.9. The van der Waals surface area contributed by atoms with Crippen LogP contribution >= 0.6 is 11.6 Å². The highest BCUT2D eigenvalue weighted by molar-refractivity contribution is 7.92. The summed E-state index contributed by atoms with van der Waals surface area (Å²) in [6, 6.07) is 15.6. The number of aliphatic hydroxyl groups is 1. The topological polar surface area (TPSA) is 151 Å². The molecule has 14 heteroatoms. The van der Waals surface area contributed by atoms with E-state index in [0.717, 1.165) is 6.26 Å². The molecule has 5 rings (SSSR count). The first-order valence-corrected chi connectivity index (χ1v) is 14.3. The zero-order chi connectivity index (χ0) is 28.4. The van der Waals surface area contributed by atoms with Gasteiger partial charge < -0.3 is 29.9 Å². The number of amides is 1. The molecular weight excluding hydrogens is 558 g/mol. The Labute approximate surface area is 235 Å². The predicted molar refractivity (Wildman–Crippen MR) is 153 cm³/mol. The summed E-state index contributed by atoms with van der Waals surface area (Å²) in [6.07, 6.45) is 3.77. The van der Waals surface area contributed by atoms with Gasteiger partial charge in [0.15, 0.2) is 5.82 Å². The molecule has 0 unspecified atom stereocenters. The van der Waals surface area contributed by atoms with E-state index in [1.165, 1.54) is 13.3 Å². The van der Waals surface area contributed by atoms with Crippen molar-refractivity contribution in [2.45, 2.75) is 6.10 Å². The van der Waals surface area contributed by atoms with Gasteiger partial charge in [-0.25, -0.2) is 13.4 Å². The van der Waals surface area contributed by atoms with Crippen LogP contribution in [0.25, 0.3) is 5.69 Å². The zero-order valence-electron chi connectivity index (χ0n) is 21.5. The van der Waals surface area contributed by atoms with Crippen molar-refractivity contribution in [3.63, 3.8) is 0 Å². The highest BCUT2D eigenvalue weighted by Gasteiger charge is 2.31. The van der Waals surface area contributed by atoms with E-state index in [2.05, 4.69) is 25.3 Å². The minimum atomic E-state index is -3.51. The lowest BCUT2D eigenvalue weighted by Crippen LogP contribution is -2.53. The van der Waals surface area contributed by atoms with Gasteiger partial charge in [-0.05, 0) is 36.4 Å². The fraction of sp³-hybridized carbons (Fsp3) is 0.192. The van der Waals surface area contributed by atoms with Crippen LogP contribution in [0.4, 0.5) is 28.8 Å². The van der Waals surface area contributed by atoms with E-state index >= 15 is 0 Å². The second-order valence-electron chi connectivity index (χ2n) is 9.07. The zero-order valence-corrected chi connectivity index (χ0v) is 23.1. The number of nitrogens with zero attached hydrogens (tertiary/aromatic N) is 4. The molecule has 4 aromatic rings. The van der Waals surface area contributed by atoms with Crippen LogP contribution in [0.2, 0.25) is 5.02 Å². The molecule has 0 radical (unpaired) electrons. The minimum absolute atomic E-state index is 0.167. The molecule has 1 aliphatic rings. The van der Waals surface area contributed by atoms with Gasteiger partial charge in [0.25, 0.3) is 5.91 Å². The van der Waals surface area contributed by atoms with Gasteiger partial charge in [-0.15, -0.1) is 0 Å². The van der Waals surface area contributed by atoms with Crippen molar-refractivity contribution in [2.24, 2.45) is 0 Å². The lowest BCUT2D eigenvalue weighted by molar-refractivity contribution is 0.00537. The maximum Gasteiger partial charge on any atom is 0.271 e. The number of hydrogen-bond acceptors (Lipinski definition) is 9. The lowest BCUT2D eigenvalue weighted by atomic mass is 10.1. The number of aromatic nitrogens is 3. The van der Waals surface area contributed by atoms with Crippen molar-refractivity contribution in [3.05, 3.63) is 77.7 Å². The number of aliphatic hydroxyl groups excluding tert-OH is 1. The summed E-state index contributed by atoms with van der Waals surface area (Å²) < 4.78 is 33.3. The van der Waals surface area contributed by atoms with Crippen LogP contribution in [0.1, 0.15) is 10.5 Å². The van der Waals surface area contributed by atoms with Gasteiger partial charge in [-0.3, -0.25) is 9.52 Å². The van der Waals surface area contributed by atoms with E-state index in [9.17, 15) is 18.3 Å². The van der Waals surface area contributed by atoms with E-state index in [-0.39, 0.29) is 22.7 Å². The number of benzene rings is 2. The normalized spacial score (nSPS) is 13.4. The first kappa shape index (κ1) is 27.2. The number of rotatable bonds is 9. The number of anilines is 5. The highest BCUT2D eigenvalue weighted by Crippen LogP contribution is 2.33. The molecule has 4 N–H and O–H groups in total. The Kier molecular flexibility index (Phi) is 7.52. The van der Waals surface area contributed by atoms with Crippen LogP contribution in [0, 0.1) is 0 Å². The molecule has 1 amide bonds. The van der Waals surface area contributed by atoms with Crippen LogP contribution in [0.5, 0.6) is 5.75 Å². The quantitative estimate of drug-likeness (QED) is 0.232. The average molecular weight is 584 g/mol. The number of para-hydroxylation sites is 2. The SMILES string of the molecule is COc1cc(-n2cccc2C(=O)N2CC(O)C2)ccc1Nc1ncc(Cl)c(Nc2ccccc2NS(C)(=O)=O)n1. The number of halogens is 1. The molecule has 3 heterocycles. The second-order valence-corrected chi connectivity index (χ2v) is 11.2. The molecule has 40 heavy (non-hydrogen) atoms. The van der Waals surface area contributed by atoms with E-state index in [4.69, 9.17) is 16.3 Å². The van der Waals surface area contributed by atoms with E-state index in [1.54, 1.807) is 64.2 Å². The number of nitrogens with one attached hydrogen (secondary N) is 3. The summed E-state index contributed by atoms with van der Waals surface area (Å²) in [5, 5.41) is 15.9. The van der Waals surface area contributed by atoms with Crippen molar-refractivity contribution in [3.8, 4) is 11.4 Å². The van der Waals surface area contributed by atoms with E-state index in [0.29, 0.717) is 47.3 Å². The summed E-state index contributed by atoms with van der Waals surface area (Å²) in [4.78, 5) is 23.1. The van der Waals surface area contributed by atoms with E-state index < -0.39 is 16.1 Å². The van der Waals surface area contributed by atoms with Gasteiger partial charge in [0, 0.05) is 31.0 Å². The lowest BCUT2D eigenvalue weighted by Gasteiger charge is -2.35. The van der Waals surface area contributed by atoms with Gasteiger partial charge in [0.2, 0.25) is 16.0 Å². The number of methoxy groups -OCH3 is 1. The van der Waals surface area contributed by atoms with Crippen molar-refractivity contribution < 1.29 is 23.1 Å². The molecule has 12 nitrogen and oxygen atoms in total. The Balaban J connectivity index is 1.38. The van der Waals surface area contributed by atoms with Gasteiger partial charge >= 0.3 is 0 Å². The Morgan fingerprint density at radius 2 is 1.82 bits per heavy atom. The number of carbonyl (C=O) groups excluding carboxylic acids is 1. The number of sulfonamides is 1. The number of likely N-dealkylation sites (tertiary alicyclic amines) is 1. The van der Waals surface area contributed by atoms with Gasteiger partial charge in [0.1, 0.15) is 16.5 Å². The molecule has 1 saturated heterocycles. The summed E-state index contributed by atoms with van der Waals surface area (Å²) in [7, 11) is -1.98. The molecule has 208 valence electrons. The first-order valence-electron chi connectivity index (χ1n) is 12.1. The summed E-state index contributed by atoms with van der Waals surface area (Å²) in [6.45, 7) is 0.627.